The van der Waals surface area contributed by atoms with Gasteiger partial charge in [-0.25, -0.2) is 0 Å². The van der Waals surface area contributed by atoms with Gasteiger partial charge in [0.25, 0.3) is 0 Å². The zero-order valence-corrected chi connectivity index (χ0v) is 21.1. The molecular weight excluding hydrogens is 432 g/mol. The molecule has 0 spiro atoms. The third kappa shape index (κ3) is 4.37. The first-order valence-electron chi connectivity index (χ1n) is 12.4. The van der Waals surface area contributed by atoms with E-state index in [4.69, 9.17) is 0 Å². The number of phenols is 3. The fraction of sp³-hybridized carbons (Fsp3) is 0.643. The van der Waals surface area contributed by atoms with Crippen LogP contribution in [0.2, 0.25) is 0 Å². The molecule has 6 nitrogen and oxygen atoms in total. The van der Waals surface area contributed by atoms with Crippen LogP contribution < -0.4 is 0 Å². The van der Waals surface area contributed by atoms with E-state index in [1.807, 2.05) is 13.8 Å². The molecule has 2 unspecified atom stereocenters. The molecule has 6 heteroatoms. The van der Waals surface area contributed by atoms with E-state index in [1.54, 1.807) is 0 Å². The summed E-state index contributed by atoms with van der Waals surface area (Å²) in [6, 6.07) is 0. The molecule has 0 saturated heterocycles. The molecular formula is C28H40O6. The Balaban J connectivity index is 2.17. The number of phenolic OH excluding ortho intramolecular Hbond substituents is 3. The minimum atomic E-state index is -0.781. The van der Waals surface area contributed by atoms with Crippen molar-refractivity contribution in [2.24, 2.45) is 29.1 Å². The molecule has 2 aliphatic carbocycles. The van der Waals surface area contributed by atoms with Crippen LogP contribution in [0, 0.1) is 29.1 Å². The molecule has 2 fully saturated rings. The number of allylic oxidation sites excluding steroid dienone is 1. The van der Waals surface area contributed by atoms with Crippen molar-refractivity contribution < 1.29 is 30.0 Å². The van der Waals surface area contributed by atoms with Crippen LogP contribution in [0.1, 0.15) is 105 Å². The SMILES string of the molecule is C=C1CCC([C@H](CC(C)C)c2c(O)c(C=O)c(O)c(C=O)c2O)[C@@]2(C)CCC(C(C)(C)O)C[C@H]12. The van der Waals surface area contributed by atoms with E-state index in [1.165, 1.54) is 5.57 Å². The van der Waals surface area contributed by atoms with Gasteiger partial charge < -0.3 is 20.4 Å². The van der Waals surface area contributed by atoms with Crippen LogP contribution in [0.5, 0.6) is 17.2 Å². The first kappa shape index (κ1) is 26.3. The van der Waals surface area contributed by atoms with Crippen molar-refractivity contribution in [3.63, 3.8) is 0 Å². The molecule has 0 aliphatic heterocycles. The quantitative estimate of drug-likeness (QED) is 0.298. The molecule has 1 aromatic rings. The van der Waals surface area contributed by atoms with Gasteiger partial charge in [-0.15, -0.1) is 0 Å². The van der Waals surface area contributed by atoms with Crippen molar-refractivity contribution in [3.05, 3.63) is 28.8 Å². The zero-order chi connectivity index (χ0) is 25.6. The Kier molecular flexibility index (Phi) is 7.24. The number of hydrogen-bond acceptors (Lipinski definition) is 6. The highest BCUT2D eigenvalue weighted by atomic mass is 16.3. The van der Waals surface area contributed by atoms with Crippen LogP contribution in [-0.2, 0) is 0 Å². The summed E-state index contributed by atoms with van der Waals surface area (Å²) < 4.78 is 0. The first-order valence-corrected chi connectivity index (χ1v) is 12.4. The van der Waals surface area contributed by atoms with Crippen LogP contribution in [0.25, 0.3) is 0 Å². The Morgan fingerprint density at radius 2 is 1.62 bits per heavy atom. The third-order valence-electron chi connectivity index (χ3n) is 8.81. The van der Waals surface area contributed by atoms with Gasteiger partial charge in [0.2, 0.25) is 0 Å². The van der Waals surface area contributed by atoms with E-state index >= 15 is 0 Å². The van der Waals surface area contributed by atoms with Crippen LogP contribution in [0.4, 0.5) is 0 Å². The Labute approximate surface area is 202 Å². The van der Waals surface area contributed by atoms with Gasteiger partial charge in [0.05, 0.1) is 16.7 Å². The van der Waals surface area contributed by atoms with Crippen molar-refractivity contribution in [1.82, 2.24) is 0 Å². The highest BCUT2D eigenvalue weighted by Crippen LogP contribution is 2.63. The van der Waals surface area contributed by atoms with Gasteiger partial charge >= 0.3 is 0 Å². The maximum atomic E-state index is 11.7. The normalized spacial score (nSPS) is 28.4. The highest BCUT2D eigenvalue weighted by Gasteiger charge is 2.53. The predicted molar refractivity (Wildman–Crippen MR) is 132 cm³/mol. The highest BCUT2D eigenvalue weighted by molar-refractivity contribution is 5.95. The molecule has 3 rings (SSSR count). The summed E-state index contributed by atoms with van der Waals surface area (Å²) in [7, 11) is 0. The molecule has 2 saturated carbocycles. The summed E-state index contributed by atoms with van der Waals surface area (Å²) in [6.45, 7) is 14.5. The Bertz CT molecular complexity index is 937. The number of aldehydes is 2. The summed E-state index contributed by atoms with van der Waals surface area (Å²) in [5.41, 5.74) is -0.338. The lowest BCUT2D eigenvalue weighted by atomic mass is 9.48. The number of aromatic hydroxyl groups is 3. The van der Waals surface area contributed by atoms with Crippen molar-refractivity contribution >= 4 is 12.6 Å². The van der Waals surface area contributed by atoms with Crippen molar-refractivity contribution in [2.75, 3.05) is 0 Å². The Hall–Kier alpha value is -2.34. The average molecular weight is 473 g/mol. The second kappa shape index (κ2) is 9.37. The molecule has 0 radical (unpaired) electrons. The summed E-state index contributed by atoms with van der Waals surface area (Å²) in [5.74, 6) is -1.31. The lowest BCUT2D eigenvalue weighted by Crippen LogP contribution is -2.49. The minimum absolute atomic E-state index is 0.0495. The van der Waals surface area contributed by atoms with Gasteiger partial charge in [-0.2, -0.15) is 0 Å². The maximum Gasteiger partial charge on any atom is 0.157 e. The van der Waals surface area contributed by atoms with Gasteiger partial charge in [0, 0.05) is 5.56 Å². The van der Waals surface area contributed by atoms with Crippen molar-refractivity contribution in [2.45, 2.75) is 84.7 Å². The number of hydrogen-bond donors (Lipinski definition) is 4. The number of carbonyl (C=O) groups excluding carboxylic acids is 2. The predicted octanol–water partition coefficient (Wildman–Crippen LogP) is 5.72. The van der Waals surface area contributed by atoms with Crippen LogP contribution >= 0.6 is 0 Å². The third-order valence-corrected chi connectivity index (χ3v) is 8.81. The second-order valence-electron chi connectivity index (χ2n) is 11.7. The van der Waals surface area contributed by atoms with E-state index in [-0.39, 0.29) is 51.7 Å². The summed E-state index contributed by atoms with van der Waals surface area (Å²) >= 11 is 0. The number of aliphatic hydroxyl groups is 1. The van der Waals surface area contributed by atoms with Gasteiger partial charge in [-0.3, -0.25) is 9.59 Å². The molecule has 1 aromatic carbocycles. The Morgan fingerprint density at radius 3 is 2.09 bits per heavy atom. The smallest absolute Gasteiger partial charge is 0.157 e. The number of rotatable bonds is 7. The van der Waals surface area contributed by atoms with Gasteiger partial charge in [0.1, 0.15) is 17.2 Å². The first-order chi connectivity index (χ1) is 15.8. The molecule has 0 aromatic heterocycles. The van der Waals surface area contributed by atoms with E-state index in [0.717, 1.165) is 32.1 Å². The van der Waals surface area contributed by atoms with Crippen LogP contribution in [0.15, 0.2) is 12.2 Å². The van der Waals surface area contributed by atoms with Crippen molar-refractivity contribution in [3.8, 4) is 17.2 Å². The minimum Gasteiger partial charge on any atom is -0.507 e. The van der Waals surface area contributed by atoms with Gasteiger partial charge in [-0.1, -0.05) is 32.9 Å². The fourth-order valence-corrected chi connectivity index (χ4v) is 6.89. The fourth-order valence-electron chi connectivity index (χ4n) is 6.89. The molecule has 0 bridgehead atoms. The number of fused-ring (bicyclic) bond motifs is 1. The summed E-state index contributed by atoms with van der Waals surface area (Å²) in [5, 5.41) is 43.1. The van der Waals surface area contributed by atoms with Crippen molar-refractivity contribution in [1.29, 1.82) is 0 Å². The van der Waals surface area contributed by atoms with E-state index < -0.39 is 22.8 Å². The van der Waals surface area contributed by atoms with E-state index in [9.17, 15) is 30.0 Å². The topological polar surface area (TPSA) is 115 Å². The van der Waals surface area contributed by atoms with Gasteiger partial charge in [-0.05, 0) is 87.4 Å². The lowest BCUT2D eigenvalue weighted by Gasteiger charge is -2.57. The zero-order valence-electron chi connectivity index (χ0n) is 21.1. The largest absolute Gasteiger partial charge is 0.507 e. The molecule has 2 aliphatic rings. The molecule has 34 heavy (non-hydrogen) atoms. The summed E-state index contributed by atoms with van der Waals surface area (Å²) in [6.07, 6.45) is 5.46. The average Bonchev–Trinajstić information content (AvgIpc) is 2.72. The van der Waals surface area contributed by atoms with Crippen LogP contribution in [-0.4, -0.2) is 38.6 Å². The molecule has 4 N–H and O–H groups in total. The molecule has 0 heterocycles. The second-order valence-corrected chi connectivity index (χ2v) is 11.7. The van der Waals surface area contributed by atoms with Gasteiger partial charge in [0.15, 0.2) is 12.6 Å². The number of benzene rings is 1. The summed E-state index contributed by atoms with van der Waals surface area (Å²) in [4.78, 5) is 23.4. The maximum absolute atomic E-state index is 11.7. The Morgan fingerprint density at radius 1 is 1.06 bits per heavy atom. The molecule has 5 atom stereocenters. The standard InChI is InChI=1S/C28H40O6/c1-15(2)11-18(23-25(32)19(13-29)24(31)20(14-30)26(23)33)21-8-7-16(3)22-12-17(27(4,5)34)9-10-28(21,22)6/h13-15,17-18,21-22,31-34H,3,7-12H2,1-2,4-6H3/t17?,18-,21?,22+,28+/m0/s1. The molecule has 188 valence electrons. The van der Waals surface area contributed by atoms with E-state index in [0.29, 0.717) is 19.0 Å². The monoisotopic (exact) mass is 472 g/mol. The number of carbonyl (C=O) groups is 2. The van der Waals surface area contributed by atoms with E-state index in [2.05, 4.69) is 27.4 Å². The molecule has 0 amide bonds. The van der Waals surface area contributed by atoms with Crippen LogP contribution in [0.3, 0.4) is 0 Å². The lowest BCUT2D eigenvalue weighted by molar-refractivity contribution is -0.0652.